The third-order valence-corrected chi connectivity index (χ3v) is 6.45. The summed E-state index contributed by atoms with van der Waals surface area (Å²) in [4.78, 5) is 18.0. The van der Waals surface area contributed by atoms with Crippen molar-refractivity contribution in [3.05, 3.63) is 77.2 Å². The van der Waals surface area contributed by atoms with Gasteiger partial charge in [0.1, 0.15) is 22.9 Å². The third kappa shape index (κ3) is 3.50. The Labute approximate surface area is 202 Å². The molecule has 170 valence electrons. The fourth-order valence-electron chi connectivity index (χ4n) is 4.52. The number of halogens is 2. The summed E-state index contributed by atoms with van der Waals surface area (Å²) in [6, 6.07) is 9.13. The lowest BCUT2D eigenvalue weighted by molar-refractivity contribution is 0.0727. The lowest BCUT2D eigenvalue weighted by Crippen LogP contribution is -2.45. The molecule has 0 bridgehead atoms. The minimum Gasteiger partial charge on any atom is -0.488 e. The van der Waals surface area contributed by atoms with E-state index in [2.05, 4.69) is 10.1 Å². The maximum atomic E-state index is 15.3. The molecule has 2 aliphatic rings. The fourth-order valence-corrected chi connectivity index (χ4v) is 4.52. The fraction of sp³-hybridized carbons (Fsp3) is 0.240. The quantitative estimate of drug-likeness (QED) is 0.423. The number of rotatable bonds is 5. The van der Waals surface area contributed by atoms with Crippen LogP contribution in [0.3, 0.4) is 0 Å². The van der Waals surface area contributed by atoms with Crippen LogP contribution in [0.4, 0.5) is 8.78 Å². The molecule has 0 atom stereocenters. The van der Waals surface area contributed by atoms with Crippen molar-refractivity contribution in [3.8, 4) is 16.9 Å². The molecule has 1 aliphatic heterocycles. The van der Waals surface area contributed by atoms with Crippen LogP contribution in [0.2, 0.25) is 0 Å². The van der Waals surface area contributed by atoms with E-state index in [4.69, 9.17) is 20.4 Å². The molecule has 4 radical (unpaired) electrons. The first-order valence-corrected chi connectivity index (χ1v) is 11.2. The van der Waals surface area contributed by atoms with Crippen LogP contribution in [0.15, 0.2) is 48.8 Å². The third-order valence-electron chi connectivity index (χ3n) is 6.45. The zero-order valence-electron chi connectivity index (χ0n) is 18.8. The van der Waals surface area contributed by atoms with Gasteiger partial charge in [-0.25, -0.2) is 8.78 Å². The Balaban J connectivity index is 1.37. The molecular weight excluding hydrogens is 448 g/mol. The summed E-state index contributed by atoms with van der Waals surface area (Å²) in [6.07, 6.45) is 5.44. The molecule has 0 spiro atoms. The summed E-state index contributed by atoms with van der Waals surface area (Å²) in [6.45, 7) is -0.448. The Morgan fingerprint density at radius 1 is 1.14 bits per heavy atom. The summed E-state index contributed by atoms with van der Waals surface area (Å²) in [5.41, 5.74) is 1.64. The minimum absolute atomic E-state index is 0.162. The molecule has 3 heterocycles. The second-order valence-corrected chi connectivity index (χ2v) is 9.03. The van der Waals surface area contributed by atoms with Crippen molar-refractivity contribution in [2.75, 3.05) is 0 Å². The Morgan fingerprint density at radius 2 is 1.89 bits per heavy atom. The molecule has 1 saturated carbocycles. The summed E-state index contributed by atoms with van der Waals surface area (Å²) < 4.78 is 38.2. The number of fused-ring (bicyclic) bond motifs is 2. The highest BCUT2D eigenvalue weighted by atomic mass is 19.1. The van der Waals surface area contributed by atoms with Gasteiger partial charge >= 0.3 is 0 Å². The number of benzene rings is 2. The number of amides is 1. The van der Waals surface area contributed by atoms with Crippen molar-refractivity contribution in [1.82, 2.24) is 19.7 Å². The molecule has 6 nitrogen and oxygen atoms in total. The van der Waals surface area contributed by atoms with Gasteiger partial charge in [-0.1, -0.05) is 0 Å². The highest BCUT2D eigenvalue weighted by Crippen LogP contribution is 2.39. The van der Waals surface area contributed by atoms with Gasteiger partial charge in [0.25, 0.3) is 5.91 Å². The van der Waals surface area contributed by atoms with Gasteiger partial charge in [0.05, 0.1) is 39.6 Å². The Kier molecular flexibility index (Phi) is 4.78. The standard InChI is InChI=1S/C25H18B2F2N4O2/c1-32-11-17-15(6-7-21(22(17)31-32)35-14-4-5-14)13-9-19(28)18(20(29)10-13)12-33-24(34)16-3-2-8-30-23(16)25(33,26)27/h2-3,6-11,14H,4-5,12H2,1H3. The maximum absolute atomic E-state index is 15.3. The molecule has 1 fully saturated rings. The van der Waals surface area contributed by atoms with Crippen molar-refractivity contribution >= 4 is 32.5 Å². The molecule has 4 aromatic rings. The smallest absolute Gasteiger partial charge is 0.255 e. The van der Waals surface area contributed by atoms with Gasteiger partial charge in [-0.2, -0.15) is 5.10 Å². The number of aryl methyl sites for hydroxylation is 1. The van der Waals surface area contributed by atoms with Gasteiger partial charge in [-0.15, -0.1) is 0 Å². The van der Waals surface area contributed by atoms with Crippen molar-refractivity contribution < 1.29 is 18.3 Å². The number of ether oxygens (including phenoxy) is 1. The predicted molar refractivity (Wildman–Crippen MR) is 127 cm³/mol. The van der Waals surface area contributed by atoms with Crippen LogP contribution >= 0.6 is 0 Å². The number of hydrogen-bond acceptors (Lipinski definition) is 4. The van der Waals surface area contributed by atoms with Crippen molar-refractivity contribution in [3.63, 3.8) is 0 Å². The van der Waals surface area contributed by atoms with Gasteiger partial charge in [-0.05, 0) is 60.4 Å². The van der Waals surface area contributed by atoms with Crippen LogP contribution in [0.1, 0.15) is 34.5 Å². The normalized spacial score (nSPS) is 16.7. The first-order chi connectivity index (χ1) is 16.7. The van der Waals surface area contributed by atoms with E-state index in [-0.39, 0.29) is 22.9 Å². The number of pyridine rings is 1. The van der Waals surface area contributed by atoms with Crippen LogP contribution in [0, 0.1) is 11.6 Å². The number of aromatic nitrogens is 3. The molecule has 35 heavy (non-hydrogen) atoms. The summed E-state index contributed by atoms with van der Waals surface area (Å²) in [5.74, 6) is -1.53. The molecule has 0 saturated heterocycles. The highest BCUT2D eigenvalue weighted by molar-refractivity contribution is 6.42. The van der Waals surface area contributed by atoms with Crippen LogP contribution in [-0.4, -0.2) is 47.4 Å². The SMILES string of the molecule is [B]C1([B])c2ncccc2C(=O)N1Cc1c(F)cc(-c2ccc(OC3CC3)c3nn(C)cc23)cc1F. The van der Waals surface area contributed by atoms with E-state index in [1.165, 1.54) is 24.4 Å². The highest BCUT2D eigenvalue weighted by Gasteiger charge is 2.43. The van der Waals surface area contributed by atoms with Crippen LogP contribution in [0.5, 0.6) is 5.75 Å². The minimum atomic E-state index is -1.79. The largest absolute Gasteiger partial charge is 0.488 e. The van der Waals surface area contributed by atoms with E-state index in [1.54, 1.807) is 36.1 Å². The van der Waals surface area contributed by atoms with E-state index in [0.29, 0.717) is 22.4 Å². The second kappa shape index (κ2) is 7.66. The van der Waals surface area contributed by atoms with Gasteiger partial charge in [-0.3, -0.25) is 14.5 Å². The molecular formula is C25H18B2F2N4O2. The van der Waals surface area contributed by atoms with Gasteiger partial charge in [0, 0.05) is 35.7 Å². The van der Waals surface area contributed by atoms with Crippen LogP contribution in [-0.2, 0) is 18.9 Å². The average Bonchev–Trinajstić information content (AvgIpc) is 3.51. The Hall–Kier alpha value is -3.68. The van der Waals surface area contributed by atoms with Crippen molar-refractivity contribution in [1.29, 1.82) is 0 Å². The summed E-state index contributed by atoms with van der Waals surface area (Å²) >= 11 is 0. The first kappa shape index (κ1) is 21.8. The van der Waals surface area contributed by atoms with Gasteiger partial charge in [0.2, 0.25) is 0 Å². The van der Waals surface area contributed by atoms with E-state index in [9.17, 15) is 4.79 Å². The molecule has 2 aromatic heterocycles. The molecule has 10 heteroatoms. The Morgan fingerprint density at radius 3 is 2.57 bits per heavy atom. The molecule has 1 amide bonds. The number of nitrogens with zero attached hydrogens (tertiary/aromatic N) is 4. The molecule has 0 N–H and O–H groups in total. The number of hydrogen-bond donors (Lipinski definition) is 0. The Bertz CT molecular complexity index is 1490. The first-order valence-electron chi connectivity index (χ1n) is 11.2. The molecule has 6 rings (SSSR count). The average molecular weight is 466 g/mol. The maximum Gasteiger partial charge on any atom is 0.255 e. The number of carbonyl (C=O) groups is 1. The van der Waals surface area contributed by atoms with E-state index >= 15 is 8.78 Å². The van der Waals surface area contributed by atoms with Crippen LogP contribution in [0.25, 0.3) is 22.0 Å². The van der Waals surface area contributed by atoms with E-state index < -0.39 is 29.4 Å². The zero-order valence-corrected chi connectivity index (χ0v) is 18.8. The topological polar surface area (TPSA) is 60.3 Å². The zero-order chi connectivity index (χ0) is 24.5. The summed E-state index contributed by atoms with van der Waals surface area (Å²) in [5, 5.41) is 3.41. The molecule has 1 aliphatic carbocycles. The van der Waals surface area contributed by atoms with E-state index in [1.807, 2.05) is 0 Å². The predicted octanol–water partition coefficient (Wildman–Crippen LogP) is 3.56. The summed E-state index contributed by atoms with van der Waals surface area (Å²) in [7, 11) is 14.1. The lowest BCUT2D eigenvalue weighted by Gasteiger charge is -2.33. The van der Waals surface area contributed by atoms with Crippen molar-refractivity contribution in [2.45, 2.75) is 30.8 Å². The number of carbonyl (C=O) groups excluding carboxylic acids is 1. The lowest BCUT2D eigenvalue weighted by atomic mass is 9.59. The van der Waals surface area contributed by atoms with E-state index in [0.717, 1.165) is 23.1 Å². The molecule has 2 aromatic carbocycles. The monoisotopic (exact) mass is 466 g/mol. The second-order valence-electron chi connectivity index (χ2n) is 9.03. The van der Waals surface area contributed by atoms with Crippen LogP contribution < -0.4 is 4.74 Å². The van der Waals surface area contributed by atoms with Gasteiger partial charge < -0.3 is 9.64 Å². The van der Waals surface area contributed by atoms with Crippen molar-refractivity contribution in [2.24, 2.45) is 7.05 Å². The molecule has 0 unspecified atom stereocenters. The van der Waals surface area contributed by atoms with Gasteiger partial charge in [0.15, 0.2) is 0 Å².